The molecule has 0 aliphatic rings. The van der Waals surface area contributed by atoms with Gasteiger partial charge >= 0.3 is 0 Å². The van der Waals surface area contributed by atoms with Crippen molar-refractivity contribution in [1.29, 1.82) is 5.41 Å². The third kappa shape index (κ3) is 3.82. The highest BCUT2D eigenvalue weighted by Crippen LogP contribution is 2.19. The van der Waals surface area contributed by atoms with E-state index in [9.17, 15) is 5.11 Å². The number of halogens is 1. The average molecular weight is 379 g/mol. The molecule has 1 heterocycles. The summed E-state index contributed by atoms with van der Waals surface area (Å²) in [5, 5.41) is 19.3. The van der Waals surface area contributed by atoms with Crippen molar-refractivity contribution >= 4 is 11.0 Å². The molecule has 0 fully saturated rings. The highest BCUT2D eigenvalue weighted by atomic mass is 35.5. The fraction of sp³-hybridized carbons (Fsp3) is 0.136. The van der Waals surface area contributed by atoms with E-state index in [0.717, 1.165) is 22.2 Å². The lowest BCUT2D eigenvalue weighted by atomic mass is 10.1. The Morgan fingerprint density at radius 2 is 1.26 bits per heavy atom. The summed E-state index contributed by atoms with van der Waals surface area (Å²) >= 11 is 0. The number of imidazole rings is 1. The third-order valence-electron chi connectivity index (χ3n) is 4.70. The molecule has 0 amide bonds. The lowest BCUT2D eigenvalue weighted by molar-refractivity contribution is -0.00000721. The molecular formula is C22H21ClN3O-. The Bertz CT molecular complexity index is 1070. The molecule has 138 valence electrons. The maximum Gasteiger partial charge on any atom is 0.203 e. The van der Waals surface area contributed by atoms with Crippen LogP contribution in [-0.2, 0) is 13.1 Å². The normalized spacial score (nSPS) is 11.9. The van der Waals surface area contributed by atoms with Crippen LogP contribution in [0.15, 0.2) is 84.9 Å². The molecular weight excluding hydrogens is 358 g/mol. The summed E-state index contributed by atoms with van der Waals surface area (Å²) < 4.78 is 3.87. The Morgan fingerprint density at radius 3 is 1.89 bits per heavy atom. The smallest absolute Gasteiger partial charge is 0.203 e. The summed E-state index contributed by atoms with van der Waals surface area (Å²) in [4.78, 5) is 0. The van der Waals surface area contributed by atoms with E-state index in [0.29, 0.717) is 18.7 Å². The van der Waals surface area contributed by atoms with Gasteiger partial charge in [0.05, 0.1) is 30.2 Å². The Morgan fingerprint density at radius 1 is 0.741 bits per heavy atom. The van der Waals surface area contributed by atoms with Crippen LogP contribution in [0.3, 0.4) is 0 Å². The predicted molar refractivity (Wildman–Crippen MR) is 103 cm³/mol. The van der Waals surface area contributed by atoms with Gasteiger partial charge in [-0.1, -0.05) is 72.8 Å². The second-order valence-corrected chi connectivity index (χ2v) is 6.42. The monoisotopic (exact) mass is 378 g/mol. The predicted octanol–water partition coefficient (Wildman–Crippen LogP) is 0.708. The molecule has 0 saturated heterocycles. The van der Waals surface area contributed by atoms with E-state index in [4.69, 9.17) is 5.41 Å². The van der Waals surface area contributed by atoms with Crippen molar-refractivity contribution < 1.29 is 17.5 Å². The highest BCUT2D eigenvalue weighted by molar-refractivity contribution is 5.76. The van der Waals surface area contributed by atoms with Crippen LogP contribution in [0.2, 0.25) is 0 Å². The van der Waals surface area contributed by atoms with E-state index >= 15 is 0 Å². The van der Waals surface area contributed by atoms with E-state index in [2.05, 4.69) is 12.1 Å². The zero-order valence-corrected chi connectivity index (χ0v) is 15.6. The number of nitrogens with zero attached hydrogens (tertiary/aromatic N) is 2. The summed E-state index contributed by atoms with van der Waals surface area (Å²) in [5.41, 5.74) is 4.37. The first kappa shape index (κ1) is 19.0. The number of aromatic nitrogens is 2. The van der Waals surface area contributed by atoms with Gasteiger partial charge in [-0.15, -0.1) is 0 Å². The van der Waals surface area contributed by atoms with Gasteiger partial charge in [0.15, 0.2) is 0 Å². The van der Waals surface area contributed by atoms with Gasteiger partial charge in [-0.25, -0.2) is 0 Å². The largest absolute Gasteiger partial charge is 1.00 e. The zero-order chi connectivity index (χ0) is 17.9. The molecule has 4 rings (SSSR count). The van der Waals surface area contributed by atoms with Crippen molar-refractivity contribution in [2.24, 2.45) is 0 Å². The van der Waals surface area contributed by atoms with Gasteiger partial charge in [0.25, 0.3) is 0 Å². The summed E-state index contributed by atoms with van der Waals surface area (Å²) in [6.45, 7) is 0.986. The number of para-hydroxylation sites is 2. The Labute approximate surface area is 164 Å². The second kappa shape index (κ2) is 8.25. The molecule has 0 bridgehead atoms. The lowest BCUT2D eigenvalue weighted by Gasteiger charge is -2.12. The molecule has 1 atom stereocenters. The van der Waals surface area contributed by atoms with Gasteiger partial charge in [0.1, 0.15) is 0 Å². The average Bonchev–Trinajstić information content (AvgIpc) is 2.95. The molecule has 5 heteroatoms. The number of aliphatic hydroxyl groups is 1. The number of hydrogen-bond donors (Lipinski definition) is 2. The van der Waals surface area contributed by atoms with Crippen molar-refractivity contribution in [2.75, 3.05) is 0 Å². The molecule has 0 aliphatic carbocycles. The maximum absolute atomic E-state index is 10.6. The van der Waals surface area contributed by atoms with Crippen molar-refractivity contribution in [3.8, 4) is 0 Å². The van der Waals surface area contributed by atoms with Gasteiger partial charge in [0.2, 0.25) is 5.62 Å². The maximum atomic E-state index is 10.6. The van der Waals surface area contributed by atoms with Gasteiger partial charge in [-0.3, -0.25) is 5.41 Å². The number of aliphatic hydroxyl groups excluding tert-OH is 1. The molecule has 0 spiro atoms. The highest BCUT2D eigenvalue weighted by Gasteiger charge is 2.15. The molecule has 0 radical (unpaired) electrons. The number of hydrogen-bond acceptors (Lipinski definition) is 2. The van der Waals surface area contributed by atoms with Crippen LogP contribution in [0.4, 0.5) is 0 Å². The van der Waals surface area contributed by atoms with Crippen LogP contribution in [0.25, 0.3) is 11.0 Å². The van der Waals surface area contributed by atoms with E-state index < -0.39 is 6.10 Å². The van der Waals surface area contributed by atoms with Crippen molar-refractivity contribution in [2.45, 2.75) is 19.2 Å². The van der Waals surface area contributed by atoms with Crippen LogP contribution in [0.1, 0.15) is 17.2 Å². The first-order valence-electron chi connectivity index (χ1n) is 8.73. The fourth-order valence-corrected chi connectivity index (χ4v) is 3.36. The van der Waals surface area contributed by atoms with Crippen LogP contribution < -0.4 is 18.0 Å². The zero-order valence-electron chi connectivity index (χ0n) is 14.8. The molecule has 4 nitrogen and oxygen atoms in total. The fourth-order valence-electron chi connectivity index (χ4n) is 3.36. The van der Waals surface area contributed by atoms with E-state index in [1.165, 1.54) is 0 Å². The Kier molecular flexibility index (Phi) is 5.79. The first-order valence-corrected chi connectivity index (χ1v) is 8.73. The molecule has 4 aromatic rings. The number of rotatable bonds is 5. The first-order chi connectivity index (χ1) is 12.7. The topological polar surface area (TPSA) is 53.9 Å². The summed E-state index contributed by atoms with van der Waals surface area (Å²) in [7, 11) is 0. The number of fused-ring (bicyclic) bond motifs is 1. The van der Waals surface area contributed by atoms with Crippen molar-refractivity contribution in [3.63, 3.8) is 0 Å². The standard InChI is InChI=1S/C22H21N3O.ClH/c23-22-24(15-17-9-3-1-4-10-17)19-13-7-8-14-20(19)25(22)16-21(26)18-11-5-2-6-12-18;/h1-14,21,23,26H,15-16H2;1H/p-1. The molecule has 0 saturated carbocycles. The van der Waals surface area contributed by atoms with Gasteiger partial charge in [-0.05, 0) is 23.3 Å². The molecule has 2 N–H and O–H groups in total. The third-order valence-corrected chi connectivity index (χ3v) is 4.70. The molecule has 1 unspecified atom stereocenters. The molecule has 3 aromatic carbocycles. The minimum atomic E-state index is -0.652. The van der Waals surface area contributed by atoms with E-state index in [1.807, 2.05) is 81.9 Å². The van der Waals surface area contributed by atoms with Crippen LogP contribution in [0, 0.1) is 5.41 Å². The summed E-state index contributed by atoms with van der Waals surface area (Å²) in [6.07, 6.45) is -0.652. The molecule has 1 aromatic heterocycles. The molecule has 0 aliphatic heterocycles. The minimum absolute atomic E-state index is 0. The Hall–Kier alpha value is -2.82. The SMILES string of the molecule is N=c1n(Cc2ccccc2)c2ccccc2n1CC(O)c1ccccc1.[Cl-]. The van der Waals surface area contributed by atoms with E-state index in [-0.39, 0.29) is 12.4 Å². The minimum Gasteiger partial charge on any atom is -1.00 e. The summed E-state index contributed by atoms with van der Waals surface area (Å²) in [6, 6.07) is 27.8. The van der Waals surface area contributed by atoms with Crippen LogP contribution >= 0.6 is 0 Å². The summed E-state index contributed by atoms with van der Waals surface area (Å²) in [5.74, 6) is 0. The van der Waals surface area contributed by atoms with Crippen molar-refractivity contribution in [1.82, 2.24) is 9.13 Å². The van der Waals surface area contributed by atoms with Gasteiger partial charge in [-0.2, -0.15) is 0 Å². The number of nitrogens with one attached hydrogen (secondary N) is 1. The number of benzene rings is 3. The van der Waals surface area contributed by atoms with Crippen LogP contribution in [0.5, 0.6) is 0 Å². The van der Waals surface area contributed by atoms with Gasteiger partial charge in [0, 0.05) is 0 Å². The van der Waals surface area contributed by atoms with E-state index in [1.54, 1.807) is 0 Å². The van der Waals surface area contributed by atoms with Crippen molar-refractivity contribution in [3.05, 3.63) is 102 Å². The van der Waals surface area contributed by atoms with Gasteiger partial charge < -0.3 is 26.6 Å². The quantitative estimate of drug-likeness (QED) is 0.528. The lowest BCUT2D eigenvalue weighted by Crippen LogP contribution is -3.00. The van der Waals surface area contributed by atoms with Crippen LogP contribution in [-0.4, -0.2) is 14.2 Å². The second-order valence-electron chi connectivity index (χ2n) is 6.42. The Balaban J connectivity index is 0.00000210. The molecule has 27 heavy (non-hydrogen) atoms.